The molecule has 1 aromatic carbocycles. The maximum absolute atomic E-state index is 11.7. The van der Waals surface area contributed by atoms with Crippen molar-refractivity contribution in [3.05, 3.63) is 35.4 Å². The van der Waals surface area contributed by atoms with E-state index >= 15 is 0 Å². The Morgan fingerprint density at radius 2 is 1.94 bits per heavy atom. The van der Waals surface area contributed by atoms with Gasteiger partial charge < -0.3 is 10.1 Å². The molecule has 0 saturated heterocycles. The maximum Gasteiger partial charge on any atom is 0.220 e. The molecule has 100 valence electrons. The lowest BCUT2D eigenvalue weighted by molar-refractivity contribution is -0.122. The molecule has 0 spiro atoms. The summed E-state index contributed by atoms with van der Waals surface area (Å²) in [4.78, 5) is 11.7. The zero-order chi connectivity index (χ0) is 13.6. The van der Waals surface area contributed by atoms with Gasteiger partial charge in [-0.15, -0.1) is 0 Å². The highest BCUT2D eigenvalue weighted by atomic mass is 16.5. The van der Waals surface area contributed by atoms with Crippen LogP contribution in [-0.4, -0.2) is 13.0 Å². The number of hydrogen-bond acceptors (Lipinski definition) is 2. The van der Waals surface area contributed by atoms with Gasteiger partial charge in [-0.05, 0) is 16.5 Å². The van der Waals surface area contributed by atoms with Crippen molar-refractivity contribution < 1.29 is 9.53 Å². The third-order valence-electron chi connectivity index (χ3n) is 2.48. The number of methoxy groups -OCH3 is 1. The summed E-state index contributed by atoms with van der Waals surface area (Å²) in [5, 5.41) is 2.95. The molecular weight excluding hydrogens is 226 g/mol. The van der Waals surface area contributed by atoms with Gasteiger partial charge in [0.15, 0.2) is 0 Å². The van der Waals surface area contributed by atoms with Crippen molar-refractivity contribution in [3.63, 3.8) is 0 Å². The lowest BCUT2D eigenvalue weighted by atomic mass is 9.92. The van der Waals surface area contributed by atoms with Gasteiger partial charge in [0.2, 0.25) is 5.91 Å². The van der Waals surface area contributed by atoms with Crippen LogP contribution < -0.4 is 5.32 Å². The van der Waals surface area contributed by atoms with Crippen LogP contribution in [0.15, 0.2) is 24.3 Å². The smallest absolute Gasteiger partial charge is 0.220 e. The molecule has 1 N–H and O–H groups in total. The van der Waals surface area contributed by atoms with Crippen LogP contribution >= 0.6 is 0 Å². The highest BCUT2D eigenvalue weighted by molar-refractivity contribution is 5.76. The van der Waals surface area contributed by atoms with Crippen molar-refractivity contribution >= 4 is 5.91 Å². The predicted molar refractivity (Wildman–Crippen MR) is 73.1 cm³/mol. The number of ether oxygens (including phenoxy) is 1. The fourth-order valence-corrected chi connectivity index (χ4v) is 1.74. The van der Waals surface area contributed by atoms with Gasteiger partial charge in [0.1, 0.15) is 0 Å². The molecule has 0 aliphatic heterocycles. The van der Waals surface area contributed by atoms with E-state index in [4.69, 9.17) is 4.74 Å². The van der Waals surface area contributed by atoms with E-state index < -0.39 is 0 Å². The second-order valence-electron chi connectivity index (χ2n) is 5.77. The van der Waals surface area contributed by atoms with Crippen molar-refractivity contribution in [2.75, 3.05) is 7.11 Å². The zero-order valence-electron chi connectivity index (χ0n) is 11.7. The Balaban J connectivity index is 2.48. The normalized spacial score (nSPS) is 11.3. The Bertz CT molecular complexity index is 394. The van der Waals surface area contributed by atoms with Gasteiger partial charge in [-0.1, -0.05) is 45.0 Å². The summed E-state index contributed by atoms with van der Waals surface area (Å²) in [6.07, 6.45) is 0.546. The number of carbonyl (C=O) groups is 1. The number of hydrogen-bond donors (Lipinski definition) is 1. The summed E-state index contributed by atoms with van der Waals surface area (Å²) in [6, 6.07) is 8.07. The fraction of sp³-hybridized carbons (Fsp3) is 0.533. The summed E-state index contributed by atoms with van der Waals surface area (Å²) >= 11 is 0. The van der Waals surface area contributed by atoms with Gasteiger partial charge >= 0.3 is 0 Å². The standard InChI is InChI=1S/C15H23NO2/c1-15(2,3)9-14(17)16-10-12-6-5-7-13(8-12)11-18-4/h5-8H,9-11H2,1-4H3,(H,16,17). The second-order valence-corrected chi connectivity index (χ2v) is 5.77. The molecule has 0 aliphatic carbocycles. The van der Waals surface area contributed by atoms with Gasteiger partial charge in [0.25, 0.3) is 0 Å². The topological polar surface area (TPSA) is 38.3 Å². The average Bonchev–Trinajstić information content (AvgIpc) is 2.25. The molecule has 0 radical (unpaired) electrons. The fourth-order valence-electron chi connectivity index (χ4n) is 1.74. The lowest BCUT2D eigenvalue weighted by Crippen LogP contribution is -2.27. The van der Waals surface area contributed by atoms with E-state index in [2.05, 4.69) is 32.2 Å². The quantitative estimate of drug-likeness (QED) is 0.871. The van der Waals surface area contributed by atoms with Crippen LogP contribution in [0.5, 0.6) is 0 Å². The van der Waals surface area contributed by atoms with Crippen LogP contribution in [0.2, 0.25) is 0 Å². The van der Waals surface area contributed by atoms with Crippen LogP contribution in [0, 0.1) is 5.41 Å². The van der Waals surface area contributed by atoms with E-state index in [-0.39, 0.29) is 11.3 Å². The first-order valence-corrected chi connectivity index (χ1v) is 6.24. The summed E-state index contributed by atoms with van der Waals surface area (Å²) in [5.74, 6) is 0.0969. The number of rotatable bonds is 5. The summed E-state index contributed by atoms with van der Waals surface area (Å²) in [6.45, 7) is 7.36. The number of carbonyl (C=O) groups excluding carboxylic acids is 1. The number of amides is 1. The summed E-state index contributed by atoms with van der Waals surface area (Å²) in [5.41, 5.74) is 2.26. The van der Waals surface area contributed by atoms with E-state index in [0.717, 1.165) is 11.1 Å². The Hall–Kier alpha value is -1.35. The average molecular weight is 249 g/mol. The number of benzene rings is 1. The molecule has 0 saturated carbocycles. The third kappa shape index (κ3) is 5.82. The van der Waals surface area contributed by atoms with Crippen molar-refractivity contribution in [1.29, 1.82) is 0 Å². The van der Waals surface area contributed by atoms with E-state index in [9.17, 15) is 4.79 Å². The molecule has 0 unspecified atom stereocenters. The summed E-state index contributed by atoms with van der Waals surface area (Å²) in [7, 11) is 1.68. The first-order chi connectivity index (χ1) is 8.40. The van der Waals surface area contributed by atoms with Gasteiger partial charge in [0, 0.05) is 20.1 Å². The summed E-state index contributed by atoms with van der Waals surface area (Å²) < 4.78 is 5.09. The molecule has 0 heterocycles. The molecule has 1 amide bonds. The molecule has 3 heteroatoms. The van der Waals surface area contributed by atoms with Gasteiger partial charge in [0.05, 0.1) is 6.61 Å². The highest BCUT2D eigenvalue weighted by Gasteiger charge is 2.15. The first kappa shape index (κ1) is 14.7. The molecule has 0 fully saturated rings. The molecular formula is C15H23NO2. The second kappa shape index (κ2) is 6.55. The van der Waals surface area contributed by atoms with Gasteiger partial charge in [-0.2, -0.15) is 0 Å². The van der Waals surface area contributed by atoms with E-state index in [0.29, 0.717) is 19.6 Å². The van der Waals surface area contributed by atoms with E-state index in [1.807, 2.05) is 18.2 Å². The molecule has 1 aromatic rings. The van der Waals surface area contributed by atoms with Crippen LogP contribution in [0.25, 0.3) is 0 Å². The molecule has 18 heavy (non-hydrogen) atoms. The van der Waals surface area contributed by atoms with Crippen LogP contribution in [0.3, 0.4) is 0 Å². The third-order valence-corrected chi connectivity index (χ3v) is 2.48. The van der Waals surface area contributed by atoms with Gasteiger partial charge in [-0.3, -0.25) is 4.79 Å². The van der Waals surface area contributed by atoms with Crippen molar-refractivity contribution in [1.82, 2.24) is 5.32 Å². The Morgan fingerprint density at radius 1 is 1.28 bits per heavy atom. The zero-order valence-corrected chi connectivity index (χ0v) is 11.7. The van der Waals surface area contributed by atoms with Crippen LogP contribution in [0.1, 0.15) is 38.3 Å². The minimum absolute atomic E-state index is 0.0297. The van der Waals surface area contributed by atoms with Crippen molar-refractivity contribution in [3.8, 4) is 0 Å². The largest absolute Gasteiger partial charge is 0.380 e. The first-order valence-electron chi connectivity index (χ1n) is 6.24. The molecule has 3 nitrogen and oxygen atoms in total. The highest BCUT2D eigenvalue weighted by Crippen LogP contribution is 2.18. The monoisotopic (exact) mass is 249 g/mol. The van der Waals surface area contributed by atoms with Crippen LogP contribution in [-0.2, 0) is 22.7 Å². The minimum Gasteiger partial charge on any atom is -0.380 e. The Morgan fingerprint density at radius 3 is 2.56 bits per heavy atom. The van der Waals surface area contributed by atoms with E-state index in [1.54, 1.807) is 7.11 Å². The predicted octanol–water partition coefficient (Wildman–Crippen LogP) is 2.89. The molecule has 0 atom stereocenters. The SMILES string of the molecule is COCc1cccc(CNC(=O)CC(C)(C)C)c1. The minimum atomic E-state index is 0.0297. The van der Waals surface area contributed by atoms with Gasteiger partial charge in [-0.25, -0.2) is 0 Å². The molecule has 0 aliphatic rings. The Kier molecular flexibility index (Phi) is 5.35. The number of nitrogens with one attached hydrogen (secondary N) is 1. The van der Waals surface area contributed by atoms with Crippen LogP contribution in [0.4, 0.5) is 0 Å². The Labute approximate surface area is 110 Å². The lowest BCUT2D eigenvalue weighted by Gasteiger charge is -2.17. The molecule has 0 bridgehead atoms. The van der Waals surface area contributed by atoms with E-state index in [1.165, 1.54) is 0 Å². The van der Waals surface area contributed by atoms with Crippen molar-refractivity contribution in [2.45, 2.75) is 40.3 Å². The molecule has 0 aromatic heterocycles. The maximum atomic E-state index is 11.7. The molecule has 1 rings (SSSR count). The van der Waals surface area contributed by atoms with Crippen molar-refractivity contribution in [2.24, 2.45) is 5.41 Å².